The van der Waals surface area contributed by atoms with E-state index in [2.05, 4.69) is 10.2 Å². The van der Waals surface area contributed by atoms with E-state index in [1.807, 2.05) is 24.3 Å². The second-order valence-corrected chi connectivity index (χ2v) is 6.57. The fraction of sp³-hybridized carbons (Fsp3) is 0.400. The summed E-state index contributed by atoms with van der Waals surface area (Å²) in [6.45, 7) is 3.53. The van der Waals surface area contributed by atoms with Crippen LogP contribution in [0.2, 0.25) is 0 Å². The molecule has 2 aromatic rings. The van der Waals surface area contributed by atoms with E-state index in [1.54, 1.807) is 0 Å². The van der Waals surface area contributed by atoms with Crippen LogP contribution < -0.4 is 5.32 Å². The Morgan fingerprint density at radius 3 is 1.83 bits per heavy atom. The van der Waals surface area contributed by atoms with Crippen molar-refractivity contribution in [2.45, 2.75) is 38.4 Å². The van der Waals surface area contributed by atoms with E-state index in [0.717, 1.165) is 37.3 Å². The van der Waals surface area contributed by atoms with Crippen molar-refractivity contribution in [3.8, 4) is 0 Å². The minimum Gasteiger partial charge on any atom is -0.313 e. The third-order valence-electron chi connectivity index (χ3n) is 4.53. The van der Waals surface area contributed by atoms with Gasteiger partial charge < -0.3 is 5.32 Å². The van der Waals surface area contributed by atoms with Gasteiger partial charge in [0.05, 0.1) is 0 Å². The second-order valence-electron chi connectivity index (χ2n) is 6.57. The first kappa shape index (κ1) is 17.1. The van der Waals surface area contributed by atoms with Crippen molar-refractivity contribution < 1.29 is 8.78 Å². The van der Waals surface area contributed by atoms with Crippen LogP contribution in [-0.2, 0) is 13.1 Å². The van der Waals surface area contributed by atoms with Crippen LogP contribution in [0.4, 0.5) is 8.78 Å². The Balaban J connectivity index is 1.69. The maximum Gasteiger partial charge on any atom is 0.123 e. The molecule has 1 saturated heterocycles. The van der Waals surface area contributed by atoms with Crippen molar-refractivity contribution >= 4 is 0 Å². The molecule has 0 bridgehead atoms. The highest BCUT2D eigenvalue weighted by Crippen LogP contribution is 2.15. The van der Waals surface area contributed by atoms with Crippen molar-refractivity contribution in [1.82, 2.24) is 10.2 Å². The van der Waals surface area contributed by atoms with Crippen molar-refractivity contribution in [1.29, 1.82) is 0 Å². The topological polar surface area (TPSA) is 15.3 Å². The van der Waals surface area contributed by atoms with Crippen molar-refractivity contribution in [3.63, 3.8) is 0 Å². The Labute approximate surface area is 142 Å². The van der Waals surface area contributed by atoms with Gasteiger partial charge in [0.1, 0.15) is 11.6 Å². The second kappa shape index (κ2) is 8.36. The third-order valence-corrected chi connectivity index (χ3v) is 4.53. The summed E-state index contributed by atoms with van der Waals surface area (Å²) in [5.74, 6) is -0.421. The van der Waals surface area contributed by atoms with Crippen LogP contribution in [0.3, 0.4) is 0 Å². The molecule has 1 N–H and O–H groups in total. The lowest BCUT2D eigenvalue weighted by atomic mass is 10.0. The highest BCUT2D eigenvalue weighted by Gasteiger charge is 2.17. The number of hydrogen-bond donors (Lipinski definition) is 1. The summed E-state index contributed by atoms with van der Waals surface area (Å²) in [4.78, 5) is 2.35. The number of benzene rings is 2. The van der Waals surface area contributed by atoms with Crippen LogP contribution in [0.1, 0.15) is 30.4 Å². The van der Waals surface area contributed by atoms with E-state index in [-0.39, 0.29) is 11.6 Å². The van der Waals surface area contributed by atoms with Crippen molar-refractivity contribution in [2.75, 3.05) is 13.1 Å². The highest BCUT2D eigenvalue weighted by atomic mass is 19.1. The minimum atomic E-state index is -0.210. The molecule has 24 heavy (non-hydrogen) atoms. The average molecular weight is 330 g/mol. The monoisotopic (exact) mass is 330 g/mol. The molecular weight excluding hydrogens is 306 g/mol. The van der Waals surface area contributed by atoms with E-state index in [0.29, 0.717) is 6.04 Å². The Morgan fingerprint density at radius 2 is 1.38 bits per heavy atom. The molecule has 0 spiro atoms. The first-order chi connectivity index (χ1) is 11.7. The summed E-state index contributed by atoms with van der Waals surface area (Å²) in [5, 5.41) is 3.58. The van der Waals surface area contributed by atoms with E-state index in [1.165, 1.54) is 43.5 Å². The summed E-state index contributed by atoms with van der Waals surface area (Å²) < 4.78 is 26.2. The van der Waals surface area contributed by atoms with Crippen LogP contribution in [0.15, 0.2) is 48.5 Å². The molecule has 1 aliphatic heterocycles. The van der Waals surface area contributed by atoms with Gasteiger partial charge in [-0.15, -0.1) is 0 Å². The van der Waals surface area contributed by atoms with E-state index >= 15 is 0 Å². The third kappa shape index (κ3) is 5.11. The number of piperidine rings is 1. The molecule has 2 aromatic carbocycles. The normalized spacial score (nSPS) is 18.0. The van der Waals surface area contributed by atoms with Gasteiger partial charge in [0, 0.05) is 25.7 Å². The van der Waals surface area contributed by atoms with Crippen LogP contribution in [0, 0.1) is 11.6 Å². The number of halogens is 2. The molecule has 1 unspecified atom stereocenters. The standard InChI is InChI=1S/C20H24F2N2/c21-18-8-4-16(5-9-18)13-24(15-20-3-1-2-12-23-20)14-17-6-10-19(22)11-7-17/h4-11,20,23H,1-3,12-15H2. The Kier molecular flexibility index (Phi) is 5.94. The summed E-state index contributed by atoms with van der Waals surface area (Å²) in [6.07, 6.45) is 3.69. The minimum absolute atomic E-state index is 0.210. The smallest absolute Gasteiger partial charge is 0.123 e. The maximum absolute atomic E-state index is 13.1. The molecule has 0 saturated carbocycles. The van der Waals surface area contributed by atoms with Gasteiger partial charge in [-0.3, -0.25) is 4.90 Å². The maximum atomic E-state index is 13.1. The van der Waals surface area contributed by atoms with Crippen LogP contribution in [0.25, 0.3) is 0 Å². The predicted molar refractivity (Wildman–Crippen MR) is 92.6 cm³/mol. The van der Waals surface area contributed by atoms with Crippen molar-refractivity contribution in [3.05, 3.63) is 71.3 Å². The quantitative estimate of drug-likeness (QED) is 0.857. The first-order valence-electron chi connectivity index (χ1n) is 8.64. The molecule has 0 radical (unpaired) electrons. The van der Waals surface area contributed by atoms with E-state index in [9.17, 15) is 8.78 Å². The van der Waals surface area contributed by atoms with Crippen LogP contribution in [0.5, 0.6) is 0 Å². The molecule has 1 fully saturated rings. The summed E-state index contributed by atoms with van der Waals surface area (Å²) in [5.41, 5.74) is 2.18. The zero-order valence-corrected chi connectivity index (χ0v) is 13.8. The summed E-state index contributed by atoms with van der Waals surface area (Å²) in [6, 6.07) is 13.8. The number of nitrogens with one attached hydrogen (secondary N) is 1. The van der Waals surface area contributed by atoms with Gasteiger partial charge in [-0.2, -0.15) is 0 Å². The van der Waals surface area contributed by atoms with Gasteiger partial charge in [-0.25, -0.2) is 8.78 Å². The Morgan fingerprint density at radius 1 is 0.833 bits per heavy atom. The molecule has 1 atom stereocenters. The molecule has 4 heteroatoms. The van der Waals surface area contributed by atoms with Crippen LogP contribution in [-0.4, -0.2) is 24.0 Å². The first-order valence-corrected chi connectivity index (χ1v) is 8.64. The lowest BCUT2D eigenvalue weighted by Crippen LogP contribution is -2.43. The van der Waals surface area contributed by atoms with E-state index < -0.39 is 0 Å². The van der Waals surface area contributed by atoms with Crippen molar-refractivity contribution in [2.24, 2.45) is 0 Å². The SMILES string of the molecule is Fc1ccc(CN(Cc2ccc(F)cc2)CC2CCCCN2)cc1. The zero-order chi connectivity index (χ0) is 16.8. The van der Waals surface area contributed by atoms with Gasteiger partial charge >= 0.3 is 0 Å². The molecular formula is C20H24F2N2. The van der Waals surface area contributed by atoms with Gasteiger partial charge in [0.15, 0.2) is 0 Å². The molecule has 3 rings (SSSR count). The van der Waals surface area contributed by atoms with Gasteiger partial charge in [0.25, 0.3) is 0 Å². The van der Waals surface area contributed by atoms with Gasteiger partial charge in [-0.1, -0.05) is 30.7 Å². The number of nitrogens with zero attached hydrogens (tertiary/aromatic N) is 1. The fourth-order valence-corrected chi connectivity index (χ4v) is 3.27. The van der Waals surface area contributed by atoms with E-state index in [4.69, 9.17) is 0 Å². The average Bonchev–Trinajstić information content (AvgIpc) is 2.60. The Hall–Kier alpha value is -1.78. The van der Waals surface area contributed by atoms with Gasteiger partial charge in [-0.05, 0) is 54.8 Å². The molecule has 0 aromatic heterocycles. The molecule has 2 nitrogen and oxygen atoms in total. The summed E-state index contributed by atoms with van der Waals surface area (Å²) >= 11 is 0. The van der Waals surface area contributed by atoms with Gasteiger partial charge in [0.2, 0.25) is 0 Å². The number of hydrogen-bond acceptors (Lipinski definition) is 2. The molecule has 1 aliphatic rings. The highest BCUT2D eigenvalue weighted by molar-refractivity contribution is 5.18. The summed E-state index contributed by atoms with van der Waals surface area (Å²) in [7, 11) is 0. The number of rotatable bonds is 6. The molecule has 0 aliphatic carbocycles. The lowest BCUT2D eigenvalue weighted by Gasteiger charge is -2.31. The predicted octanol–water partition coefficient (Wildman–Crippen LogP) is 4.11. The largest absolute Gasteiger partial charge is 0.313 e. The molecule has 0 amide bonds. The lowest BCUT2D eigenvalue weighted by molar-refractivity contribution is 0.209. The van der Waals surface area contributed by atoms with Crippen LogP contribution >= 0.6 is 0 Å². The Bertz CT molecular complexity index is 572. The molecule has 128 valence electrons. The fourth-order valence-electron chi connectivity index (χ4n) is 3.27. The molecule has 1 heterocycles. The zero-order valence-electron chi connectivity index (χ0n) is 13.8.